The van der Waals surface area contributed by atoms with Crippen molar-refractivity contribution < 1.29 is 18.3 Å². The van der Waals surface area contributed by atoms with Crippen molar-refractivity contribution in [1.82, 2.24) is 15.5 Å². The van der Waals surface area contributed by atoms with Crippen LogP contribution in [0.1, 0.15) is 39.0 Å². The van der Waals surface area contributed by atoms with Crippen molar-refractivity contribution in [3.63, 3.8) is 0 Å². The highest BCUT2D eigenvalue weighted by Crippen LogP contribution is 2.33. The van der Waals surface area contributed by atoms with E-state index >= 15 is 0 Å². The molecule has 0 unspecified atom stereocenters. The van der Waals surface area contributed by atoms with E-state index in [0.29, 0.717) is 18.7 Å². The number of aromatic amines is 1. The van der Waals surface area contributed by atoms with Gasteiger partial charge in [0, 0.05) is 31.3 Å². The van der Waals surface area contributed by atoms with E-state index in [4.69, 9.17) is 16.3 Å². The highest BCUT2D eigenvalue weighted by atomic mass is 35.5. The molecule has 0 spiro atoms. The van der Waals surface area contributed by atoms with Gasteiger partial charge in [-0.05, 0) is 19.8 Å². The molecule has 26 heavy (non-hydrogen) atoms. The third kappa shape index (κ3) is 4.25. The number of amides is 1. The lowest BCUT2D eigenvalue weighted by Gasteiger charge is -2.28. The van der Waals surface area contributed by atoms with E-state index in [1.54, 1.807) is 0 Å². The van der Waals surface area contributed by atoms with Crippen LogP contribution < -0.4 is 15.8 Å². The summed E-state index contributed by atoms with van der Waals surface area (Å²) in [5.41, 5.74) is 0.0107. The first kappa shape index (κ1) is 18.9. The van der Waals surface area contributed by atoms with Crippen molar-refractivity contribution in [3.05, 3.63) is 21.6 Å². The summed E-state index contributed by atoms with van der Waals surface area (Å²) < 4.78 is 31.8. The number of alkyl carbamates (subject to hydrolysis) is 1. The average molecular weight is 391 g/mol. The van der Waals surface area contributed by atoms with Gasteiger partial charge in [-0.1, -0.05) is 11.6 Å². The Morgan fingerprint density at radius 2 is 2.15 bits per heavy atom. The van der Waals surface area contributed by atoms with Crippen LogP contribution in [0.5, 0.6) is 0 Å². The molecule has 0 bridgehead atoms. The summed E-state index contributed by atoms with van der Waals surface area (Å²) in [6.07, 6.45) is 1.08. The molecule has 2 N–H and O–H groups in total. The molecule has 1 aromatic rings. The highest BCUT2D eigenvalue weighted by molar-refractivity contribution is 6.33. The maximum Gasteiger partial charge on any atom is 0.407 e. The van der Waals surface area contributed by atoms with Crippen molar-refractivity contribution in [2.45, 2.75) is 63.1 Å². The third-order valence-electron chi connectivity index (χ3n) is 4.94. The highest BCUT2D eigenvalue weighted by Gasteiger charge is 2.37. The van der Waals surface area contributed by atoms with E-state index in [1.807, 2.05) is 11.8 Å². The minimum absolute atomic E-state index is 0.00210. The lowest BCUT2D eigenvalue weighted by Crippen LogP contribution is -2.42. The minimum atomic E-state index is -2.63. The zero-order valence-electron chi connectivity index (χ0n) is 14.3. The number of aromatic nitrogens is 2. The Bertz CT molecular complexity index is 720. The van der Waals surface area contributed by atoms with E-state index in [0.717, 1.165) is 0 Å². The molecule has 1 aliphatic heterocycles. The standard InChI is InChI=1S/C16H21ClF2N4O3/c1-9-6-11(8-23(9)12-7-20-22-14(24)13(12)17)26-15(25)21-10-2-4-16(18,19)5-3-10/h7,9-11H,2-6,8H2,1H3,(H,21,25)(H,22,24)/t9-,11+/m0/s1. The van der Waals surface area contributed by atoms with Crippen molar-refractivity contribution in [2.24, 2.45) is 0 Å². The molecule has 1 aromatic heterocycles. The molecule has 2 heterocycles. The lowest BCUT2D eigenvalue weighted by molar-refractivity contribution is -0.0406. The fraction of sp³-hybridized carbons (Fsp3) is 0.688. The first-order chi connectivity index (χ1) is 12.2. The van der Waals surface area contributed by atoms with Gasteiger partial charge in [-0.15, -0.1) is 0 Å². The van der Waals surface area contributed by atoms with Crippen LogP contribution in [-0.4, -0.2) is 46.9 Å². The number of carbonyl (C=O) groups excluding carboxylic acids is 1. The molecule has 1 saturated heterocycles. The summed E-state index contributed by atoms with van der Waals surface area (Å²) >= 11 is 6.04. The number of alkyl halides is 2. The number of nitrogens with one attached hydrogen (secondary N) is 2. The van der Waals surface area contributed by atoms with Crippen LogP contribution in [-0.2, 0) is 4.74 Å². The maximum absolute atomic E-state index is 13.2. The van der Waals surface area contributed by atoms with E-state index in [9.17, 15) is 18.4 Å². The summed E-state index contributed by atoms with van der Waals surface area (Å²) in [4.78, 5) is 25.5. The number of hydrogen-bond donors (Lipinski definition) is 2. The summed E-state index contributed by atoms with van der Waals surface area (Å²) in [7, 11) is 0. The second kappa shape index (κ2) is 7.38. The number of ether oxygens (including phenoxy) is 1. The Balaban J connectivity index is 1.54. The molecule has 0 aromatic carbocycles. The van der Waals surface area contributed by atoms with Gasteiger partial charge in [0.25, 0.3) is 5.56 Å². The van der Waals surface area contributed by atoms with Gasteiger partial charge in [0.1, 0.15) is 11.1 Å². The van der Waals surface area contributed by atoms with Crippen LogP contribution in [0, 0.1) is 0 Å². The van der Waals surface area contributed by atoms with E-state index in [-0.39, 0.29) is 48.9 Å². The Kier molecular flexibility index (Phi) is 5.36. The van der Waals surface area contributed by atoms with E-state index < -0.39 is 17.6 Å². The van der Waals surface area contributed by atoms with Crippen molar-refractivity contribution >= 4 is 23.4 Å². The quantitative estimate of drug-likeness (QED) is 0.828. The number of rotatable bonds is 3. The van der Waals surface area contributed by atoms with Crippen LogP contribution in [0.2, 0.25) is 5.02 Å². The number of carbonyl (C=O) groups is 1. The van der Waals surface area contributed by atoms with Crippen LogP contribution in [0.3, 0.4) is 0 Å². The molecule has 2 aliphatic rings. The molecule has 1 aliphatic carbocycles. The van der Waals surface area contributed by atoms with Gasteiger partial charge < -0.3 is 15.0 Å². The zero-order chi connectivity index (χ0) is 18.9. The lowest BCUT2D eigenvalue weighted by atomic mass is 9.92. The van der Waals surface area contributed by atoms with Crippen LogP contribution in [0.4, 0.5) is 19.3 Å². The Labute approximate surface area is 154 Å². The van der Waals surface area contributed by atoms with Gasteiger partial charge in [0.15, 0.2) is 0 Å². The van der Waals surface area contributed by atoms with Gasteiger partial charge in [0.2, 0.25) is 5.92 Å². The Morgan fingerprint density at radius 1 is 1.46 bits per heavy atom. The van der Waals surface area contributed by atoms with E-state index in [2.05, 4.69) is 15.5 Å². The predicted molar refractivity (Wildman–Crippen MR) is 91.9 cm³/mol. The fourth-order valence-corrected chi connectivity index (χ4v) is 3.71. The molecule has 144 valence electrons. The number of anilines is 1. The number of halogens is 3. The average Bonchev–Trinajstić information content (AvgIpc) is 2.92. The monoisotopic (exact) mass is 390 g/mol. The second-order valence-corrected chi connectivity index (χ2v) is 7.32. The molecular formula is C16H21ClF2N4O3. The van der Waals surface area contributed by atoms with Gasteiger partial charge in [-0.3, -0.25) is 4.79 Å². The molecule has 2 fully saturated rings. The Hall–Kier alpha value is -1.90. The van der Waals surface area contributed by atoms with Crippen molar-refractivity contribution in [1.29, 1.82) is 0 Å². The second-order valence-electron chi connectivity index (χ2n) is 6.94. The molecule has 7 nitrogen and oxygen atoms in total. The third-order valence-corrected chi connectivity index (χ3v) is 5.30. The SMILES string of the molecule is C[C@H]1C[C@@H](OC(=O)NC2CCC(F)(F)CC2)CN1c1cn[nH]c(=O)c1Cl. The summed E-state index contributed by atoms with van der Waals surface area (Å²) in [5, 5.41) is 8.72. The molecular weight excluding hydrogens is 370 g/mol. The largest absolute Gasteiger partial charge is 0.444 e. The predicted octanol–water partition coefficient (Wildman–Crippen LogP) is 2.69. The van der Waals surface area contributed by atoms with Gasteiger partial charge in [0.05, 0.1) is 18.4 Å². The molecule has 1 saturated carbocycles. The van der Waals surface area contributed by atoms with Crippen LogP contribution >= 0.6 is 11.6 Å². The number of hydrogen-bond acceptors (Lipinski definition) is 5. The first-order valence-electron chi connectivity index (χ1n) is 8.60. The molecule has 0 radical (unpaired) electrons. The van der Waals surface area contributed by atoms with Gasteiger partial charge in [-0.25, -0.2) is 18.7 Å². The summed E-state index contributed by atoms with van der Waals surface area (Å²) in [6.45, 7) is 2.31. The summed E-state index contributed by atoms with van der Waals surface area (Å²) in [6, 6.07) is -0.286. The summed E-state index contributed by atoms with van der Waals surface area (Å²) in [5.74, 6) is -2.63. The number of nitrogens with zero attached hydrogens (tertiary/aromatic N) is 2. The molecule has 2 atom stereocenters. The smallest absolute Gasteiger partial charge is 0.407 e. The van der Waals surface area contributed by atoms with Crippen molar-refractivity contribution in [3.8, 4) is 0 Å². The van der Waals surface area contributed by atoms with Crippen molar-refractivity contribution in [2.75, 3.05) is 11.4 Å². The maximum atomic E-state index is 13.2. The number of H-pyrrole nitrogens is 1. The van der Waals surface area contributed by atoms with Gasteiger partial charge in [-0.2, -0.15) is 5.10 Å². The molecule has 1 amide bonds. The molecule has 3 rings (SSSR count). The fourth-order valence-electron chi connectivity index (χ4n) is 3.51. The minimum Gasteiger partial charge on any atom is -0.444 e. The van der Waals surface area contributed by atoms with Crippen LogP contribution in [0.15, 0.2) is 11.0 Å². The van der Waals surface area contributed by atoms with E-state index in [1.165, 1.54) is 6.20 Å². The van der Waals surface area contributed by atoms with Gasteiger partial charge >= 0.3 is 6.09 Å². The molecule has 10 heteroatoms. The first-order valence-corrected chi connectivity index (χ1v) is 8.98. The van der Waals surface area contributed by atoms with Crippen LogP contribution in [0.25, 0.3) is 0 Å². The normalized spacial score (nSPS) is 25.9. The topological polar surface area (TPSA) is 87.3 Å². The zero-order valence-corrected chi connectivity index (χ0v) is 15.1. The Morgan fingerprint density at radius 3 is 2.85 bits per heavy atom.